The van der Waals surface area contributed by atoms with Crippen molar-refractivity contribution in [3.8, 4) is 0 Å². The van der Waals surface area contributed by atoms with Crippen LogP contribution in [-0.4, -0.2) is 18.5 Å². The number of carbonyl (C=O) groups excluding carboxylic acids is 1. The summed E-state index contributed by atoms with van der Waals surface area (Å²) in [6, 6.07) is 7.45. The van der Waals surface area contributed by atoms with Crippen LogP contribution in [0.15, 0.2) is 24.3 Å². The van der Waals surface area contributed by atoms with Gasteiger partial charge in [0.1, 0.15) is 0 Å². The molecule has 0 aliphatic carbocycles. The van der Waals surface area contributed by atoms with Gasteiger partial charge in [0.25, 0.3) is 0 Å². The topological polar surface area (TPSA) is 41.1 Å². The summed E-state index contributed by atoms with van der Waals surface area (Å²) in [7, 11) is 0. The number of halogens is 1. The van der Waals surface area contributed by atoms with Crippen LogP contribution in [0.2, 0.25) is 5.02 Å². The maximum Gasteiger partial charge on any atom is 0.236 e. The van der Waals surface area contributed by atoms with Gasteiger partial charge in [-0.3, -0.25) is 4.79 Å². The van der Waals surface area contributed by atoms with Crippen molar-refractivity contribution in [2.24, 2.45) is 0 Å². The van der Waals surface area contributed by atoms with E-state index in [0.29, 0.717) is 6.54 Å². The molecule has 1 amide bonds. The number of hydrogen-bond donors (Lipinski definition) is 2. The van der Waals surface area contributed by atoms with Gasteiger partial charge in [-0.15, -0.1) is 0 Å². The summed E-state index contributed by atoms with van der Waals surface area (Å²) in [5.74, 6) is 0.0538. The van der Waals surface area contributed by atoms with Crippen LogP contribution in [0.3, 0.4) is 0 Å². The molecule has 1 rings (SSSR count). The summed E-state index contributed by atoms with van der Waals surface area (Å²) in [6.45, 7) is 5.43. The van der Waals surface area contributed by atoms with Gasteiger partial charge in [-0.05, 0) is 31.0 Å². The zero-order chi connectivity index (χ0) is 14.1. The van der Waals surface area contributed by atoms with E-state index in [4.69, 9.17) is 11.6 Å². The second-order valence-electron chi connectivity index (χ2n) is 4.73. The minimum Gasteiger partial charge on any atom is -0.355 e. The number of amides is 1. The van der Waals surface area contributed by atoms with Gasteiger partial charge >= 0.3 is 0 Å². The van der Waals surface area contributed by atoms with Gasteiger partial charge in [-0.2, -0.15) is 0 Å². The van der Waals surface area contributed by atoms with Crippen molar-refractivity contribution in [1.29, 1.82) is 0 Å². The predicted molar refractivity (Wildman–Crippen MR) is 80.3 cm³/mol. The van der Waals surface area contributed by atoms with Gasteiger partial charge in [0.05, 0.1) is 6.04 Å². The summed E-state index contributed by atoms with van der Waals surface area (Å²) in [5, 5.41) is 6.85. The van der Waals surface area contributed by atoms with E-state index in [1.165, 1.54) is 6.42 Å². The molecule has 1 aromatic rings. The van der Waals surface area contributed by atoms with Crippen molar-refractivity contribution in [2.75, 3.05) is 6.54 Å². The first-order chi connectivity index (χ1) is 9.13. The lowest BCUT2D eigenvalue weighted by Crippen LogP contribution is -2.42. The molecule has 4 heteroatoms. The highest BCUT2D eigenvalue weighted by atomic mass is 35.5. The van der Waals surface area contributed by atoms with E-state index in [-0.39, 0.29) is 11.9 Å². The Kier molecular flexibility index (Phi) is 7.53. The smallest absolute Gasteiger partial charge is 0.236 e. The average molecular weight is 283 g/mol. The van der Waals surface area contributed by atoms with Crippen molar-refractivity contribution in [2.45, 2.75) is 45.7 Å². The Labute approximate surface area is 120 Å². The Hall–Kier alpha value is -1.06. The lowest BCUT2D eigenvalue weighted by atomic mass is 10.2. The predicted octanol–water partition coefficient (Wildman–Crippen LogP) is 3.12. The Balaban J connectivity index is 2.26. The van der Waals surface area contributed by atoms with Gasteiger partial charge in [-0.1, -0.05) is 43.5 Å². The molecule has 0 aromatic heterocycles. The Morgan fingerprint density at radius 2 is 2.16 bits per heavy atom. The first-order valence-corrected chi connectivity index (χ1v) is 7.26. The van der Waals surface area contributed by atoms with Gasteiger partial charge < -0.3 is 10.6 Å². The number of carbonyl (C=O) groups is 1. The van der Waals surface area contributed by atoms with Crippen molar-refractivity contribution in [1.82, 2.24) is 10.6 Å². The molecule has 1 atom stereocenters. The molecule has 19 heavy (non-hydrogen) atoms. The van der Waals surface area contributed by atoms with E-state index < -0.39 is 0 Å². The largest absolute Gasteiger partial charge is 0.355 e. The molecule has 3 nitrogen and oxygen atoms in total. The van der Waals surface area contributed by atoms with Gasteiger partial charge in [0, 0.05) is 18.1 Å². The maximum atomic E-state index is 11.8. The summed E-state index contributed by atoms with van der Waals surface area (Å²) >= 11 is 5.91. The van der Waals surface area contributed by atoms with Crippen LogP contribution in [0.5, 0.6) is 0 Å². The fourth-order valence-electron chi connectivity index (χ4n) is 1.75. The van der Waals surface area contributed by atoms with Crippen LogP contribution in [0.1, 0.15) is 38.7 Å². The SMILES string of the molecule is CCCCCNC(=O)C(C)NCc1cccc(Cl)c1. The summed E-state index contributed by atoms with van der Waals surface area (Å²) in [5.41, 5.74) is 1.08. The Morgan fingerprint density at radius 3 is 2.84 bits per heavy atom. The monoisotopic (exact) mass is 282 g/mol. The fourth-order valence-corrected chi connectivity index (χ4v) is 1.96. The minimum absolute atomic E-state index is 0.0538. The third-order valence-corrected chi connectivity index (χ3v) is 3.21. The van der Waals surface area contributed by atoms with Crippen molar-refractivity contribution in [3.63, 3.8) is 0 Å². The van der Waals surface area contributed by atoms with E-state index in [9.17, 15) is 4.79 Å². The van der Waals surface area contributed by atoms with Crippen LogP contribution in [-0.2, 0) is 11.3 Å². The molecule has 2 N–H and O–H groups in total. The van der Waals surface area contributed by atoms with Crippen LogP contribution in [0, 0.1) is 0 Å². The standard InChI is InChI=1S/C15H23ClN2O/c1-3-4-5-9-17-15(19)12(2)18-11-13-7-6-8-14(16)10-13/h6-8,10,12,18H,3-5,9,11H2,1-2H3,(H,17,19). The van der Waals surface area contributed by atoms with E-state index in [1.807, 2.05) is 31.2 Å². The zero-order valence-electron chi connectivity index (χ0n) is 11.7. The molecule has 0 saturated carbocycles. The zero-order valence-corrected chi connectivity index (χ0v) is 12.5. The second kappa shape index (κ2) is 8.94. The highest BCUT2D eigenvalue weighted by molar-refractivity contribution is 6.30. The molecule has 0 heterocycles. The Morgan fingerprint density at radius 1 is 1.37 bits per heavy atom. The number of nitrogens with one attached hydrogen (secondary N) is 2. The van der Waals surface area contributed by atoms with Gasteiger partial charge in [0.2, 0.25) is 5.91 Å². The Bertz CT molecular complexity index is 395. The molecule has 1 aromatic carbocycles. The number of benzene rings is 1. The fraction of sp³-hybridized carbons (Fsp3) is 0.533. The normalized spacial score (nSPS) is 12.2. The first kappa shape index (κ1) is 16.0. The van der Waals surface area contributed by atoms with Crippen molar-refractivity contribution < 1.29 is 4.79 Å². The third kappa shape index (κ3) is 6.60. The van der Waals surface area contributed by atoms with Crippen LogP contribution >= 0.6 is 11.6 Å². The minimum atomic E-state index is -0.194. The quantitative estimate of drug-likeness (QED) is 0.719. The molecule has 0 radical (unpaired) electrons. The summed E-state index contributed by atoms with van der Waals surface area (Å²) in [4.78, 5) is 11.8. The molecular formula is C15H23ClN2O. The van der Waals surface area contributed by atoms with E-state index >= 15 is 0 Å². The van der Waals surface area contributed by atoms with Crippen molar-refractivity contribution >= 4 is 17.5 Å². The highest BCUT2D eigenvalue weighted by Crippen LogP contribution is 2.10. The van der Waals surface area contributed by atoms with Gasteiger partial charge in [0.15, 0.2) is 0 Å². The second-order valence-corrected chi connectivity index (χ2v) is 5.17. The first-order valence-electron chi connectivity index (χ1n) is 6.89. The lowest BCUT2D eigenvalue weighted by molar-refractivity contribution is -0.122. The lowest BCUT2D eigenvalue weighted by Gasteiger charge is -2.14. The molecule has 0 fully saturated rings. The number of rotatable bonds is 8. The van der Waals surface area contributed by atoms with Gasteiger partial charge in [-0.25, -0.2) is 0 Å². The molecule has 0 aliphatic rings. The maximum absolute atomic E-state index is 11.8. The van der Waals surface area contributed by atoms with E-state index in [2.05, 4.69) is 17.6 Å². The third-order valence-electron chi connectivity index (χ3n) is 2.97. The molecule has 0 aliphatic heterocycles. The van der Waals surface area contributed by atoms with Crippen LogP contribution in [0.4, 0.5) is 0 Å². The highest BCUT2D eigenvalue weighted by Gasteiger charge is 2.10. The molecule has 106 valence electrons. The summed E-state index contributed by atoms with van der Waals surface area (Å²) < 4.78 is 0. The molecule has 0 bridgehead atoms. The number of hydrogen-bond acceptors (Lipinski definition) is 2. The molecule has 1 unspecified atom stereocenters. The molecule has 0 spiro atoms. The van der Waals surface area contributed by atoms with E-state index in [0.717, 1.165) is 30.0 Å². The molecular weight excluding hydrogens is 260 g/mol. The van der Waals surface area contributed by atoms with Crippen molar-refractivity contribution in [3.05, 3.63) is 34.9 Å². The van der Waals surface area contributed by atoms with E-state index in [1.54, 1.807) is 0 Å². The van der Waals surface area contributed by atoms with Crippen LogP contribution < -0.4 is 10.6 Å². The molecule has 0 saturated heterocycles. The average Bonchev–Trinajstić information content (AvgIpc) is 2.41. The number of unbranched alkanes of at least 4 members (excludes halogenated alkanes) is 2. The summed E-state index contributed by atoms with van der Waals surface area (Å²) in [6.07, 6.45) is 3.37. The van der Waals surface area contributed by atoms with Crippen LogP contribution in [0.25, 0.3) is 0 Å².